The minimum Gasteiger partial charge on any atom is -0.466 e. The smallest absolute Gasteiger partial charge is 0.311 e. The first-order valence-corrected chi connectivity index (χ1v) is 5.45. The van der Waals surface area contributed by atoms with E-state index in [-0.39, 0.29) is 12.4 Å². The number of carbonyl (C=O) groups excluding carboxylic acids is 1. The summed E-state index contributed by atoms with van der Waals surface area (Å²) in [6, 6.07) is 7.25. The van der Waals surface area contributed by atoms with Crippen LogP contribution >= 0.6 is 11.6 Å². The average molecular weight is 240 g/mol. The van der Waals surface area contributed by atoms with E-state index in [2.05, 4.69) is 4.99 Å². The lowest BCUT2D eigenvalue weighted by molar-refractivity contribution is -0.141. The molecule has 1 aromatic rings. The number of esters is 1. The van der Waals surface area contributed by atoms with Gasteiger partial charge >= 0.3 is 5.97 Å². The summed E-state index contributed by atoms with van der Waals surface area (Å²) >= 11 is 5.94. The van der Waals surface area contributed by atoms with Gasteiger partial charge in [-0.1, -0.05) is 23.7 Å². The Labute approximate surface area is 100 Å². The summed E-state index contributed by atoms with van der Waals surface area (Å²) < 4.78 is 4.83. The molecule has 1 rings (SSSR count). The van der Waals surface area contributed by atoms with Gasteiger partial charge in [0.1, 0.15) is 0 Å². The number of ether oxygens (including phenoxy) is 1. The fourth-order valence-corrected chi connectivity index (χ4v) is 1.39. The fourth-order valence-electron chi connectivity index (χ4n) is 1.21. The first-order chi connectivity index (χ1) is 7.63. The molecule has 3 nitrogen and oxygen atoms in total. The predicted octanol–water partition coefficient (Wildman–Crippen LogP) is 3.39. The third kappa shape index (κ3) is 4.03. The van der Waals surface area contributed by atoms with Gasteiger partial charge in [-0.05, 0) is 26.0 Å². The molecule has 1 aromatic carbocycles. The maximum atomic E-state index is 11.2. The van der Waals surface area contributed by atoms with Crippen LogP contribution in [0, 0.1) is 0 Å². The van der Waals surface area contributed by atoms with Gasteiger partial charge < -0.3 is 4.74 Å². The number of nitrogens with zero attached hydrogens (tertiary/aromatic N) is 1. The van der Waals surface area contributed by atoms with Gasteiger partial charge in [0, 0.05) is 5.71 Å². The summed E-state index contributed by atoms with van der Waals surface area (Å²) in [4.78, 5) is 15.5. The highest BCUT2D eigenvalue weighted by atomic mass is 35.5. The van der Waals surface area contributed by atoms with Crippen molar-refractivity contribution >= 4 is 29.0 Å². The van der Waals surface area contributed by atoms with Gasteiger partial charge in [0.15, 0.2) is 0 Å². The number of halogens is 1. The van der Waals surface area contributed by atoms with Crippen LogP contribution in [-0.2, 0) is 9.53 Å². The molecule has 0 atom stereocenters. The average Bonchev–Trinajstić information content (AvgIpc) is 2.21. The molecule has 0 N–H and O–H groups in total. The lowest BCUT2D eigenvalue weighted by Crippen LogP contribution is -2.08. The van der Waals surface area contributed by atoms with Crippen molar-refractivity contribution in [2.45, 2.75) is 20.3 Å². The van der Waals surface area contributed by atoms with Crippen molar-refractivity contribution in [3.05, 3.63) is 29.3 Å². The molecule has 0 unspecified atom stereocenters. The lowest BCUT2D eigenvalue weighted by atomic mass is 10.3. The highest BCUT2D eigenvalue weighted by Crippen LogP contribution is 2.24. The van der Waals surface area contributed by atoms with E-state index in [0.29, 0.717) is 23.0 Å². The zero-order valence-electron chi connectivity index (χ0n) is 9.37. The van der Waals surface area contributed by atoms with Crippen molar-refractivity contribution in [3.8, 4) is 0 Å². The molecule has 0 spiro atoms. The van der Waals surface area contributed by atoms with Gasteiger partial charge in [-0.25, -0.2) is 0 Å². The summed E-state index contributed by atoms with van der Waals surface area (Å²) in [5, 5.41) is 0.575. The second kappa shape index (κ2) is 6.28. The summed E-state index contributed by atoms with van der Waals surface area (Å²) in [6.45, 7) is 3.94. The molecule has 0 fully saturated rings. The molecule has 0 heterocycles. The Balaban J connectivity index is 2.70. The number of hydrogen-bond donors (Lipinski definition) is 0. The van der Waals surface area contributed by atoms with E-state index in [1.807, 2.05) is 12.1 Å². The topological polar surface area (TPSA) is 38.7 Å². The third-order valence-electron chi connectivity index (χ3n) is 1.87. The van der Waals surface area contributed by atoms with Crippen LogP contribution in [0.5, 0.6) is 0 Å². The Kier molecular flexibility index (Phi) is 4.99. The fraction of sp³-hybridized carbons (Fsp3) is 0.333. The van der Waals surface area contributed by atoms with Gasteiger partial charge in [-0.3, -0.25) is 9.79 Å². The molecule has 0 aliphatic rings. The zero-order valence-corrected chi connectivity index (χ0v) is 10.1. The largest absolute Gasteiger partial charge is 0.466 e. The number of benzene rings is 1. The molecular formula is C12H14ClNO2. The SMILES string of the molecule is CCOC(=O)CC(C)=Nc1ccccc1Cl. The normalized spacial score (nSPS) is 11.3. The first-order valence-electron chi connectivity index (χ1n) is 5.07. The Bertz CT molecular complexity index is 402. The van der Waals surface area contributed by atoms with Crippen LogP contribution in [0.25, 0.3) is 0 Å². The van der Waals surface area contributed by atoms with Crippen molar-refractivity contribution in [1.29, 1.82) is 0 Å². The monoisotopic (exact) mass is 239 g/mol. The summed E-state index contributed by atoms with van der Waals surface area (Å²) in [5.41, 5.74) is 1.36. The Morgan fingerprint density at radius 1 is 1.44 bits per heavy atom. The van der Waals surface area contributed by atoms with Crippen LogP contribution in [-0.4, -0.2) is 18.3 Å². The molecule has 0 saturated heterocycles. The quantitative estimate of drug-likeness (QED) is 0.597. The van der Waals surface area contributed by atoms with E-state index >= 15 is 0 Å². The van der Waals surface area contributed by atoms with E-state index in [1.54, 1.807) is 26.0 Å². The number of carbonyl (C=O) groups is 1. The van der Waals surface area contributed by atoms with Crippen LogP contribution in [0.1, 0.15) is 20.3 Å². The Morgan fingerprint density at radius 3 is 2.75 bits per heavy atom. The Hall–Kier alpha value is -1.35. The van der Waals surface area contributed by atoms with Crippen LogP contribution in [0.2, 0.25) is 5.02 Å². The molecule has 0 amide bonds. The number of hydrogen-bond acceptors (Lipinski definition) is 3. The molecular weight excluding hydrogens is 226 g/mol. The van der Waals surface area contributed by atoms with Crippen molar-refractivity contribution in [1.82, 2.24) is 0 Å². The lowest BCUT2D eigenvalue weighted by Gasteiger charge is -2.02. The predicted molar refractivity (Wildman–Crippen MR) is 65.5 cm³/mol. The number of para-hydroxylation sites is 1. The van der Waals surface area contributed by atoms with Crippen LogP contribution in [0.15, 0.2) is 29.3 Å². The highest BCUT2D eigenvalue weighted by molar-refractivity contribution is 6.33. The molecule has 16 heavy (non-hydrogen) atoms. The van der Waals surface area contributed by atoms with Crippen LogP contribution < -0.4 is 0 Å². The molecule has 0 saturated carbocycles. The van der Waals surface area contributed by atoms with E-state index in [9.17, 15) is 4.79 Å². The molecule has 0 radical (unpaired) electrons. The van der Waals surface area contributed by atoms with Crippen LogP contribution in [0.4, 0.5) is 5.69 Å². The molecule has 0 aliphatic heterocycles. The molecule has 86 valence electrons. The van der Waals surface area contributed by atoms with E-state index in [0.717, 1.165) is 0 Å². The molecule has 0 aliphatic carbocycles. The van der Waals surface area contributed by atoms with Crippen molar-refractivity contribution in [2.24, 2.45) is 4.99 Å². The third-order valence-corrected chi connectivity index (χ3v) is 2.19. The van der Waals surface area contributed by atoms with Gasteiger partial charge in [0.05, 0.1) is 23.7 Å². The van der Waals surface area contributed by atoms with Crippen molar-refractivity contribution < 1.29 is 9.53 Å². The summed E-state index contributed by atoms with van der Waals surface area (Å²) in [5.74, 6) is -0.268. The van der Waals surface area contributed by atoms with Gasteiger partial charge in [0.25, 0.3) is 0 Å². The summed E-state index contributed by atoms with van der Waals surface area (Å²) in [6.07, 6.45) is 0.194. The van der Waals surface area contributed by atoms with Crippen molar-refractivity contribution in [3.63, 3.8) is 0 Å². The molecule has 4 heteroatoms. The van der Waals surface area contributed by atoms with E-state index in [4.69, 9.17) is 16.3 Å². The zero-order chi connectivity index (χ0) is 12.0. The maximum absolute atomic E-state index is 11.2. The van der Waals surface area contributed by atoms with Gasteiger partial charge in [-0.2, -0.15) is 0 Å². The van der Waals surface area contributed by atoms with E-state index < -0.39 is 0 Å². The summed E-state index contributed by atoms with van der Waals surface area (Å²) in [7, 11) is 0. The van der Waals surface area contributed by atoms with Gasteiger partial charge in [-0.15, -0.1) is 0 Å². The van der Waals surface area contributed by atoms with E-state index in [1.165, 1.54) is 0 Å². The first kappa shape index (κ1) is 12.7. The van der Waals surface area contributed by atoms with Crippen LogP contribution in [0.3, 0.4) is 0 Å². The molecule has 0 bridgehead atoms. The number of aliphatic imine (C=N–C) groups is 1. The number of rotatable bonds is 4. The van der Waals surface area contributed by atoms with Crippen molar-refractivity contribution in [2.75, 3.05) is 6.61 Å². The maximum Gasteiger partial charge on any atom is 0.311 e. The minimum atomic E-state index is -0.268. The Morgan fingerprint density at radius 2 is 2.12 bits per heavy atom. The van der Waals surface area contributed by atoms with Gasteiger partial charge in [0.2, 0.25) is 0 Å². The minimum absolute atomic E-state index is 0.194. The second-order valence-electron chi connectivity index (χ2n) is 3.28. The highest BCUT2D eigenvalue weighted by Gasteiger charge is 2.04. The molecule has 0 aromatic heterocycles. The second-order valence-corrected chi connectivity index (χ2v) is 3.69. The standard InChI is InChI=1S/C12H14ClNO2/c1-3-16-12(15)8-9(2)14-11-7-5-4-6-10(11)13/h4-7H,3,8H2,1-2H3.